The van der Waals surface area contributed by atoms with Crippen molar-refractivity contribution < 1.29 is 4.97 Å². The van der Waals surface area contributed by atoms with E-state index in [9.17, 15) is 10.4 Å². The van der Waals surface area contributed by atoms with Gasteiger partial charge in [-0.2, -0.15) is 0 Å². The smallest absolute Gasteiger partial charge is 0.0820 e. The number of hydrogen-bond acceptors (Lipinski definition) is 3. The van der Waals surface area contributed by atoms with Gasteiger partial charge in [-0.1, -0.05) is 0 Å². The van der Waals surface area contributed by atoms with Crippen molar-refractivity contribution in [3.8, 4) is 0 Å². The summed E-state index contributed by atoms with van der Waals surface area (Å²) in [6, 6.07) is 0.0141. The van der Waals surface area contributed by atoms with Crippen molar-refractivity contribution in [2.45, 2.75) is 26.8 Å². The van der Waals surface area contributed by atoms with Gasteiger partial charge < -0.3 is 10.4 Å². The average Bonchev–Trinajstić information content (AvgIpc) is 1.88. The molecule has 0 aliphatic heterocycles. The van der Waals surface area contributed by atoms with Gasteiger partial charge in [0.05, 0.1) is 12.6 Å². The minimum Gasteiger partial charge on any atom is -0.737 e. The second-order valence-electron chi connectivity index (χ2n) is 2.18. The Morgan fingerprint density at radius 2 is 2.10 bits per heavy atom. The Bertz CT molecular complexity index is 124. The van der Waals surface area contributed by atoms with Gasteiger partial charge in [-0.25, -0.2) is 0 Å². The molecule has 0 fully saturated rings. The third kappa shape index (κ3) is 2.08. The predicted octanol–water partition coefficient (Wildman–Crippen LogP) is 1.09. The summed E-state index contributed by atoms with van der Waals surface area (Å²) < 4.78 is 0. The zero-order valence-corrected chi connectivity index (χ0v) is 6.44. The summed E-state index contributed by atoms with van der Waals surface area (Å²) in [4.78, 5) is 0.0741. The van der Waals surface area contributed by atoms with Crippen LogP contribution in [0.4, 0.5) is 0 Å². The fourth-order valence-corrected chi connectivity index (χ4v) is 0.731. The Morgan fingerprint density at radius 1 is 1.60 bits per heavy atom. The highest BCUT2D eigenvalue weighted by Gasteiger charge is 2.11. The predicted molar refractivity (Wildman–Crippen MR) is 36.9 cm³/mol. The van der Waals surface area contributed by atoms with E-state index in [1.54, 1.807) is 6.92 Å². The van der Waals surface area contributed by atoms with Crippen LogP contribution in [0.5, 0.6) is 0 Å². The molecule has 0 aromatic carbocycles. The number of nitrogens with zero attached hydrogens (tertiary/aromatic N) is 3. The van der Waals surface area contributed by atoms with Crippen molar-refractivity contribution >= 4 is 0 Å². The van der Waals surface area contributed by atoms with Crippen LogP contribution < -0.4 is 0 Å². The van der Waals surface area contributed by atoms with Crippen molar-refractivity contribution in [1.29, 1.82) is 0 Å². The van der Waals surface area contributed by atoms with E-state index in [-0.39, 0.29) is 11.0 Å². The molecule has 0 spiro atoms. The molecule has 5 nitrogen and oxygen atoms in total. The van der Waals surface area contributed by atoms with Crippen LogP contribution in [0, 0.1) is 10.4 Å². The van der Waals surface area contributed by atoms with E-state index < -0.39 is 0 Å². The van der Waals surface area contributed by atoms with Crippen molar-refractivity contribution in [2.24, 2.45) is 5.28 Å². The van der Waals surface area contributed by atoms with Crippen molar-refractivity contribution in [3.05, 3.63) is 10.4 Å². The zero-order chi connectivity index (χ0) is 8.15. The number of hydrogen-bond donors (Lipinski definition) is 0. The second-order valence-corrected chi connectivity index (χ2v) is 2.18. The Hall–Kier alpha value is -1.00. The van der Waals surface area contributed by atoms with E-state index in [4.69, 9.17) is 0 Å². The molecule has 0 bridgehead atoms. The van der Waals surface area contributed by atoms with Gasteiger partial charge in [0, 0.05) is 4.97 Å². The summed E-state index contributed by atoms with van der Waals surface area (Å²) in [6.07, 6.45) is 0. The van der Waals surface area contributed by atoms with Gasteiger partial charge in [0.15, 0.2) is 0 Å². The maximum Gasteiger partial charge on any atom is 0.0820 e. The average molecular weight is 146 g/mol. The first kappa shape index (κ1) is 9.00. The lowest BCUT2D eigenvalue weighted by atomic mass is 10.4. The lowest BCUT2D eigenvalue weighted by Gasteiger charge is -2.20. The molecule has 0 N–H and O–H groups in total. The molecular weight excluding hydrogens is 134 g/mol. The van der Waals surface area contributed by atoms with E-state index >= 15 is 0 Å². The molecule has 0 aromatic rings. The first-order valence-corrected chi connectivity index (χ1v) is 3.20. The minimum atomic E-state index is 0.0141. The van der Waals surface area contributed by atoms with Gasteiger partial charge in [0.1, 0.15) is 0 Å². The van der Waals surface area contributed by atoms with E-state index in [1.807, 2.05) is 13.8 Å². The summed E-state index contributed by atoms with van der Waals surface area (Å²) in [5.41, 5.74) is 0. The molecule has 0 radical (unpaired) electrons. The molecule has 0 saturated heterocycles. The van der Waals surface area contributed by atoms with Gasteiger partial charge >= 0.3 is 0 Å². The van der Waals surface area contributed by atoms with Gasteiger partial charge in [-0.05, 0) is 26.0 Å². The molecule has 10 heavy (non-hydrogen) atoms. The van der Waals surface area contributed by atoms with E-state index in [1.165, 1.54) is 5.01 Å². The molecule has 0 amide bonds. The van der Waals surface area contributed by atoms with E-state index in [0.29, 0.717) is 6.54 Å². The monoisotopic (exact) mass is 146 g/mol. The molecule has 0 unspecified atom stereocenters. The van der Waals surface area contributed by atoms with Gasteiger partial charge in [-0.3, -0.25) is 0 Å². The molecule has 60 valence electrons. The SMILES string of the molecule is CCN(C(C)C)/[N+]([O-])=N/[O-]. The van der Waals surface area contributed by atoms with Crippen LogP contribution in [-0.2, 0) is 0 Å². The quantitative estimate of drug-likeness (QED) is 0.340. The van der Waals surface area contributed by atoms with Crippen molar-refractivity contribution in [2.75, 3.05) is 6.54 Å². The largest absolute Gasteiger partial charge is 0.737 e. The third-order valence-corrected chi connectivity index (χ3v) is 1.21. The third-order valence-electron chi connectivity index (χ3n) is 1.21. The maximum absolute atomic E-state index is 10.5. The second kappa shape index (κ2) is 3.92. The highest BCUT2D eigenvalue weighted by molar-refractivity contribution is 4.46. The van der Waals surface area contributed by atoms with Gasteiger partial charge in [0.2, 0.25) is 0 Å². The van der Waals surface area contributed by atoms with Crippen LogP contribution in [0.1, 0.15) is 20.8 Å². The van der Waals surface area contributed by atoms with Crippen LogP contribution in [0.3, 0.4) is 0 Å². The Morgan fingerprint density at radius 3 is 2.20 bits per heavy atom. The molecule has 0 aromatic heterocycles. The Labute approximate surface area is 60.1 Å². The summed E-state index contributed by atoms with van der Waals surface area (Å²) in [5.74, 6) is 0. The normalized spacial score (nSPS) is 12.2. The minimum absolute atomic E-state index is 0.0141. The topological polar surface area (TPSA) is 64.7 Å². The fourth-order valence-electron chi connectivity index (χ4n) is 0.731. The molecule has 0 aliphatic rings. The first-order valence-electron chi connectivity index (χ1n) is 3.20. The standard InChI is InChI=1S/C5H13N3O2/c1-4-7(5(2)3)8(10)6-9/h5,9H,4H2,1-3H3/p-1/b8-6-. The summed E-state index contributed by atoms with van der Waals surface area (Å²) in [5, 5.41) is 23.8. The molecule has 0 rings (SSSR count). The van der Waals surface area contributed by atoms with Crippen LogP contribution >= 0.6 is 0 Å². The Kier molecular flexibility index (Phi) is 3.53. The maximum atomic E-state index is 10.5. The molecule has 0 atom stereocenters. The molecule has 0 heterocycles. The van der Waals surface area contributed by atoms with E-state index in [2.05, 4.69) is 5.28 Å². The highest BCUT2D eigenvalue weighted by atomic mass is 16.6. The van der Waals surface area contributed by atoms with Crippen LogP contribution in [0.2, 0.25) is 0 Å². The Balaban J connectivity index is 4.07. The number of rotatable bonds is 3. The zero-order valence-electron chi connectivity index (χ0n) is 6.44. The summed E-state index contributed by atoms with van der Waals surface area (Å²) in [7, 11) is 0. The van der Waals surface area contributed by atoms with Crippen LogP contribution in [0.25, 0.3) is 0 Å². The molecule has 5 heteroatoms. The highest BCUT2D eigenvalue weighted by Crippen LogP contribution is 1.97. The van der Waals surface area contributed by atoms with Crippen molar-refractivity contribution in [3.63, 3.8) is 0 Å². The lowest BCUT2D eigenvalue weighted by molar-refractivity contribution is -0.696. The van der Waals surface area contributed by atoms with Crippen LogP contribution in [0.15, 0.2) is 5.28 Å². The van der Waals surface area contributed by atoms with Crippen LogP contribution in [-0.4, -0.2) is 22.6 Å². The molecule has 0 saturated carbocycles. The van der Waals surface area contributed by atoms with Gasteiger partial charge in [0.25, 0.3) is 0 Å². The van der Waals surface area contributed by atoms with Crippen molar-refractivity contribution in [1.82, 2.24) is 5.01 Å². The first-order chi connectivity index (χ1) is 4.63. The molecular formula is C5H12N3O2-. The summed E-state index contributed by atoms with van der Waals surface area (Å²) >= 11 is 0. The number of hydrazine groups is 1. The summed E-state index contributed by atoms with van der Waals surface area (Å²) in [6.45, 7) is 5.92. The van der Waals surface area contributed by atoms with Gasteiger partial charge in [-0.15, -0.1) is 5.01 Å². The molecule has 0 aliphatic carbocycles. The fraction of sp³-hybridized carbons (Fsp3) is 1.00. The van der Waals surface area contributed by atoms with E-state index in [0.717, 1.165) is 0 Å². The lowest BCUT2D eigenvalue weighted by Crippen LogP contribution is -2.36.